The van der Waals surface area contributed by atoms with Gasteiger partial charge in [-0.05, 0) is 63.1 Å². The zero-order chi connectivity index (χ0) is 27.5. The normalized spacial score (nSPS) is 22.4. The van der Waals surface area contributed by atoms with Crippen molar-refractivity contribution in [2.24, 2.45) is 5.41 Å². The molecule has 39 heavy (non-hydrogen) atoms. The summed E-state index contributed by atoms with van der Waals surface area (Å²) < 4.78 is 13.1. The van der Waals surface area contributed by atoms with E-state index in [1.54, 1.807) is 13.0 Å². The number of benzene rings is 1. The highest BCUT2D eigenvalue weighted by Crippen LogP contribution is 2.49. The molecule has 4 aliphatic rings. The average molecular weight is 533 g/mol. The summed E-state index contributed by atoms with van der Waals surface area (Å²) in [6, 6.07) is 10.9. The first-order valence-corrected chi connectivity index (χ1v) is 14.2. The summed E-state index contributed by atoms with van der Waals surface area (Å²) in [5.74, 6) is 1.71. The molecule has 1 N–H and O–H groups in total. The van der Waals surface area contributed by atoms with Gasteiger partial charge < -0.3 is 24.6 Å². The Hall–Kier alpha value is -3.38. The highest BCUT2D eigenvalue weighted by molar-refractivity contribution is 5.73. The van der Waals surface area contributed by atoms with Gasteiger partial charge in [0.25, 0.3) is 0 Å². The number of piperazine rings is 1. The molecule has 2 aromatic rings. The van der Waals surface area contributed by atoms with E-state index >= 15 is 0 Å². The van der Waals surface area contributed by atoms with Gasteiger partial charge in [0, 0.05) is 52.0 Å². The van der Waals surface area contributed by atoms with Gasteiger partial charge in [-0.15, -0.1) is 0 Å². The molecule has 1 spiro atoms. The van der Waals surface area contributed by atoms with Crippen LogP contribution in [-0.2, 0) is 23.2 Å². The quantitative estimate of drug-likeness (QED) is 0.602. The molecular formula is C30H40N6O3. The number of nitrogens with zero attached hydrogens (tertiary/aromatic N) is 5. The van der Waals surface area contributed by atoms with E-state index in [-0.39, 0.29) is 16.9 Å². The number of fused-ring (bicyclic) bond motifs is 3. The van der Waals surface area contributed by atoms with Crippen molar-refractivity contribution in [3.63, 3.8) is 0 Å². The minimum absolute atomic E-state index is 0.129. The Morgan fingerprint density at radius 3 is 2.56 bits per heavy atom. The molecule has 208 valence electrons. The standard InChI is InChI=1S/C28H37N5O3.C2H3N/c1-20(34)32-14-16-33(17-15-32)24-22-9-11-28(10-5-7-21-6-3-4-8-23(21)28)36-25(22)31-26(30-24)35-19-27(12-13-27)18-29-2;1-2-3/h3-4,6,8,29H,5,7,9-19H2,1-2H3;1H3. The number of hydrogen-bond acceptors (Lipinski definition) is 8. The summed E-state index contributed by atoms with van der Waals surface area (Å²) in [7, 11) is 1.99. The molecule has 6 rings (SSSR count). The van der Waals surface area contributed by atoms with E-state index in [1.165, 1.54) is 18.1 Å². The average Bonchev–Trinajstić information content (AvgIpc) is 3.72. The summed E-state index contributed by atoms with van der Waals surface area (Å²) >= 11 is 0. The maximum Gasteiger partial charge on any atom is 0.321 e. The molecule has 2 aliphatic carbocycles. The number of ether oxygens (including phenoxy) is 2. The van der Waals surface area contributed by atoms with E-state index in [9.17, 15) is 4.79 Å². The van der Waals surface area contributed by atoms with E-state index in [0.29, 0.717) is 31.6 Å². The van der Waals surface area contributed by atoms with Crippen LogP contribution in [0.2, 0.25) is 0 Å². The van der Waals surface area contributed by atoms with Gasteiger partial charge in [0.15, 0.2) is 0 Å². The molecule has 3 heterocycles. The van der Waals surface area contributed by atoms with Crippen molar-refractivity contribution in [2.45, 2.75) is 64.4 Å². The molecule has 0 bridgehead atoms. The molecule has 1 atom stereocenters. The van der Waals surface area contributed by atoms with Crippen LogP contribution in [0.5, 0.6) is 11.9 Å². The van der Waals surface area contributed by atoms with Gasteiger partial charge in [0.05, 0.1) is 18.2 Å². The second-order valence-electron chi connectivity index (χ2n) is 11.3. The zero-order valence-corrected chi connectivity index (χ0v) is 23.5. The Kier molecular flexibility index (Phi) is 7.94. The lowest BCUT2D eigenvalue weighted by Gasteiger charge is -2.43. The van der Waals surface area contributed by atoms with Crippen LogP contribution in [0.3, 0.4) is 0 Å². The molecule has 9 nitrogen and oxygen atoms in total. The number of carbonyl (C=O) groups excluding carboxylic acids is 1. The summed E-state index contributed by atoms with van der Waals surface area (Å²) in [4.78, 5) is 25.9. The number of rotatable bonds is 6. The Bertz CT molecular complexity index is 1230. The van der Waals surface area contributed by atoms with Crippen molar-refractivity contribution >= 4 is 11.7 Å². The van der Waals surface area contributed by atoms with Crippen LogP contribution in [-0.4, -0.2) is 67.2 Å². The molecule has 0 radical (unpaired) electrons. The molecule has 1 unspecified atom stereocenters. The highest BCUT2D eigenvalue weighted by Gasteiger charge is 2.45. The Morgan fingerprint density at radius 1 is 1.13 bits per heavy atom. The zero-order valence-electron chi connectivity index (χ0n) is 23.5. The fourth-order valence-electron chi connectivity index (χ4n) is 6.25. The largest absolute Gasteiger partial charge is 0.466 e. The van der Waals surface area contributed by atoms with Crippen LogP contribution in [0.15, 0.2) is 24.3 Å². The van der Waals surface area contributed by atoms with Crippen LogP contribution in [0.25, 0.3) is 0 Å². The van der Waals surface area contributed by atoms with Crippen molar-refractivity contribution in [2.75, 3.05) is 51.3 Å². The highest BCUT2D eigenvalue weighted by atomic mass is 16.5. The van der Waals surface area contributed by atoms with Crippen molar-refractivity contribution in [1.29, 1.82) is 5.26 Å². The fraction of sp³-hybridized carbons (Fsp3) is 0.600. The lowest BCUT2D eigenvalue weighted by Crippen LogP contribution is -2.49. The molecular weight excluding hydrogens is 492 g/mol. The first kappa shape index (κ1) is 27.2. The van der Waals surface area contributed by atoms with Crippen molar-refractivity contribution in [3.05, 3.63) is 41.0 Å². The summed E-state index contributed by atoms with van der Waals surface area (Å²) in [5.41, 5.74) is 3.63. The molecule has 2 fully saturated rings. The van der Waals surface area contributed by atoms with Gasteiger partial charge in [-0.2, -0.15) is 15.2 Å². The smallest absolute Gasteiger partial charge is 0.321 e. The third kappa shape index (κ3) is 5.67. The monoisotopic (exact) mass is 532 g/mol. The minimum Gasteiger partial charge on any atom is -0.466 e. The summed E-state index contributed by atoms with van der Waals surface area (Å²) in [6.45, 7) is 7.52. The van der Waals surface area contributed by atoms with Crippen LogP contribution in [0.1, 0.15) is 62.6 Å². The topological polar surface area (TPSA) is 104 Å². The Balaban J connectivity index is 0.000000983. The number of amides is 1. The van der Waals surface area contributed by atoms with Crippen molar-refractivity contribution < 1.29 is 14.3 Å². The summed E-state index contributed by atoms with van der Waals surface area (Å²) in [5, 5.41) is 10.6. The number of aryl methyl sites for hydroxylation is 1. The van der Waals surface area contributed by atoms with Gasteiger partial charge in [-0.25, -0.2) is 0 Å². The van der Waals surface area contributed by atoms with Crippen molar-refractivity contribution in [3.8, 4) is 18.0 Å². The molecule has 1 amide bonds. The van der Waals surface area contributed by atoms with Crippen LogP contribution in [0.4, 0.5) is 5.82 Å². The molecule has 1 saturated heterocycles. The van der Waals surface area contributed by atoms with Gasteiger partial charge in [0.2, 0.25) is 11.8 Å². The van der Waals surface area contributed by atoms with Gasteiger partial charge in [-0.1, -0.05) is 24.3 Å². The first-order chi connectivity index (χ1) is 18.9. The predicted molar refractivity (Wildman–Crippen MR) is 149 cm³/mol. The van der Waals surface area contributed by atoms with Gasteiger partial charge in [0.1, 0.15) is 11.4 Å². The van der Waals surface area contributed by atoms with E-state index in [2.05, 4.69) is 34.5 Å². The molecule has 1 aromatic heterocycles. The van der Waals surface area contributed by atoms with E-state index < -0.39 is 0 Å². The van der Waals surface area contributed by atoms with Gasteiger partial charge in [-0.3, -0.25) is 4.79 Å². The lowest BCUT2D eigenvalue weighted by molar-refractivity contribution is -0.129. The Morgan fingerprint density at radius 2 is 1.87 bits per heavy atom. The maximum absolute atomic E-state index is 11.9. The van der Waals surface area contributed by atoms with E-state index in [4.69, 9.17) is 24.7 Å². The SMILES string of the molecule is CC#N.CNCC1(COc2nc3c(c(N4CCN(C(C)=O)CC4)n2)CCC2(CCCc4ccccc42)O3)CC1. The van der Waals surface area contributed by atoms with E-state index in [0.717, 1.165) is 76.0 Å². The minimum atomic E-state index is -0.331. The molecule has 1 saturated carbocycles. The fourth-order valence-corrected chi connectivity index (χ4v) is 6.25. The Labute approximate surface area is 231 Å². The first-order valence-electron chi connectivity index (χ1n) is 14.2. The summed E-state index contributed by atoms with van der Waals surface area (Å²) in [6.07, 6.45) is 7.34. The van der Waals surface area contributed by atoms with Gasteiger partial charge >= 0.3 is 6.01 Å². The number of hydrogen-bond donors (Lipinski definition) is 1. The molecule has 9 heteroatoms. The second-order valence-corrected chi connectivity index (χ2v) is 11.3. The van der Waals surface area contributed by atoms with Crippen LogP contribution in [0, 0.1) is 16.7 Å². The third-order valence-corrected chi connectivity index (χ3v) is 8.57. The number of nitriles is 1. The van der Waals surface area contributed by atoms with E-state index in [1.807, 2.05) is 11.9 Å². The number of aromatic nitrogens is 2. The lowest BCUT2D eigenvalue weighted by atomic mass is 9.75. The van der Waals surface area contributed by atoms with Crippen molar-refractivity contribution in [1.82, 2.24) is 20.2 Å². The third-order valence-electron chi connectivity index (χ3n) is 8.57. The maximum atomic E-state index is 11.9. The molecule has 2 aliphatic heterocycles. The van der Waals surface area contributed by atoms with Crippen LogP contribution >= 0.6 is 0 Å². The van der Waals surface area contributed by atoms with Crippen LogP contribution < -0.4 is 19.7 Å². The number of carbonyl (C=O) groups is 1. The second kappa shape index (κ2) is 11.4. The predicted octanol–water partition coefficient (Wildman–Crippen LogP) is 3.61. The number of anilines is 1. The molecule has 1 aromatic carbocycles. The number of nitrogens with one attached hydrogen (secondary N) is 1.